The van der Waals surface area contributed by atoms with Gasteiger partial charge >= 0.3 is 0 Å². The van der Waals surface area contributed by atoms with Crippen molar-refractivity contribution in [3.63, 3.8) is 0 Å². The van der Waals surface area contributed by atoms with E-state index in [1.165, 1.54) is 0 Å². The van der Waals surface area contributed by atoms with Gasteiger partial charge in [0.05, 0.1) is 6.54 Å². The zero-order valence-electron chi connectivity index (χ0n) is 17.2. The lowest BCUT2D eigenvalue weighted by atomic mass is 10.1. The number of aromatic nitrogens is 3. The van der Waals surface area contributed by atoms with Crippen LogP contribution in [0, 0.1) is 11.8 Å². The summed E-state index contributed by atoms with van der Waals surface area (Å²) in [6, 6.07) is 16.9. The molecule has 2 aromatic carbocycles. The highest BCUT2D eigenvalue weighted by Gasteiger charge is 2.12. The quantitative estimate of drug-likeness (QED) is 0.392. The van der Waals surface area contributed by atoms with Gasteiger partial charge in [-0.15, -0.1) is 0 Å². The van der Waals surface area contributed by atoms with E-state index in [0.717, 1.165) is 22.4 Å². The second-order valence-corrected chi connectivity index (χ2v) is 7.23. The maximum absolute atomic E-state index is 11.3. The molecular weight excluding hydrogens is 390 g/mol. The van der Waals surface area contributed by atoms with Gasteiger partial charge in [-0.1, -0.05) is 29.1 Å². The molecule has 0 saturated carbocycles. The van der Waals surface area contributed by atoms with Crippen molar-refractivity contribution in [2.75, 3.05) is 0 Å². The molecule has 0 fully saturated rings. The molecule has 0 bridgehead atoms. The van der Waals surface area contributed by atoms with Crippen molar-refractivity contribution in [2.24, 2.45) is 0 Å². The number of rotatable bonds is 5. The fourth-order valence-electron chi connectivity index (χ4n) is 3.17. The predicted octanol–water partition coefficient (Wildman–Crippen LogP) is 4.24. The summed E-state index contributed by atoms with van der Waals surface area (Å²) >= 11 is 0. The molecule has 31 heavy (non-hydrogen) atoms. The zero-order valence-corrected chi connectivity index (χ0v) is 17.2. The van der Waals surface area contributed by atoms with Gasteiger partial charge < -0.3 is 14.2 Å². The van der Waals surface area contributed by atoms with E-state index in [2.05, 4.69) is 22.0 Å². The molecule has 0 saturated heterocycles. The number of carbonyl (C=O) groups is 1. The zero-order chi connectivity index (χ0) is 21.8. The van der Waals surface area contributed by atoms with Crippen molar-refractivity contribution in [2.45, 2.75) is 26.5 Å². The topological polar surface area (TPSA) is 81.2 Å². The first kappa shape index (κ1) is 20.3. The van der Waals surface area contributed by atoms with E-state index in [-0.39, 0.29) is 5.78 Å². The van der Waals surface area contributed by atoms with Crippen LogP contribution in [0.5, 0.6) is 0 Å². The van der Waals surface area contributed by atoms with Crippen LogP contribution in [0.2, 0.25) is 0 Å². The summed E-state index contributed by atoms with van der Waals surface area (Å²) in [6.45, 7) is 3.69. The number of Topliss-reactive ketones (excluding diaryl/α,β-unsaturated/α-hetero) is 1. The molecule has 6 heteroatoms. The molecule has 0 aliphatic carbocycles. The van der Waals surface area contributed by atoms with Crippen molar-refractivity contribution in [3.8, 4) is 23.2 Å². The van der Waals surface area contributed by atoms with Crippen molar-refractivity contribution in [1.82, 2.24) is 14.7 Å². The predicted molar refractivity (Wildman–Crippen MR) is 116 cm³/mol. The summed E-state index contributed by atoms with van der Waals surface area (Å²) in [6.07, 6.45) is 2.81. The Kier molecular flexibility index (Phi) is 5.78. The van der Waals surface area contributed by atoms with E-state index in [9.17, 15) is 9.90 Å². The number of benzene rings is 2. The second kappa shape index (κ2) is 8.82. The summed E-state index contributed by atoms with van der Waals surface area (Å²) in [5.41, 5.74) is 4.05. The van der Waals surface area contributed by atoms with E-state index in [1.807, 2.05) is 47.0 Å². The number of ketones is 1. The van der Waals surface area contributed by atoms with Gasteiger partial charge in [0.25, 0.3) is 0 Å². The number of hydrogen-bond donors (Lipinski definition) is 1. The minimum Gasteiger partial charge on any atom is -0.385 e. The van der Waals surface area contributed by atoms with Crippen molar-refractivity contribution < 1.29 is 14.4 Å². The van der Waals surface area contributed by atoms with Crippen molar-refractivity contribution in [1.29, 1.82) is 0 Å². The van der Waals surface area contributed by atoms with Crippen LogP contribution in [0.15, 0.2) is 71.5 Å². The molecule has 1 atom stereocenters. The number of nitrogens with zero attached hydrogens (tertiary/aromatic N) is 3. The SMILES string of the molecule is CC(=O)c1ccc(C#Cc2ccc(-c3cc(Cn4ccnc4[C@H](C)O)no3)cc2)cc1. The summed E-state index contributed by atoms with van der Waals surface area (Å²) in [5.74, 6) is 7.52. The van der Waals surface area contributed by atoms with E-state index in [1.54, 1.807) is 38.4 Å². The number of hydrogen-bond acceptors (Lipinski definition) is 5. The average molecular weight is 411 g/mol. The van der Waals surface area contributed by atoms with Crippen LogP contribution in [0.3, 0.4) is 0 Å². The van der Waals surface area contributed by atoms with Crippen LogP contribution >= 0.6 is 0 Å². The lowest BCUT2D eigenvalue weighted by molar-refractivity contribution is 0.101. The maximum Gasteiger partial charge on any atom is 0.167 e. The molecule has 0 aliphatic rings. The Hall–Kier alpha value is -3.95. The van der Waals surface area contributed by atoms with E-state index >= 15 is 0 Å². The summed E-state index contributed by atoms with van der Waals surface area (Å²) < 4.78 is 7.33. The summed E-state index contributed by atoms with van der Waals surface area (Å²) in [7, 11) is 0. The van der Waals surface area contributed by atoms with E-state index in [4.69, 9.17) is 4.52 Å². The van der Waals surface area contributed by atoms with Crippen LogP contribution < -0.4 is 0 Å². The molecule has 4 rings (SSSR count). The Bertz CT molecular complexity index is 1250. The lowest BCUT2D eigenvalue weighted by Gasteiger charge is -2.07. The van der Waals surface area contributed by atoms with Gasteiger partial charge in [-0.25, -0.2) is 4.98 Å². The highest BCUT2D eigenvalue weighted by Crippen LogP contribution is 2.22. The first-order valence-corrected chi connectivity index (χ1v) is 9.88. The smallest absolute Gasteiger partial charge is 0.167 e. The highest BCUT2D eigenvalue weighted by atomic mass is 16.5. The molecule has 0 aliphatic heterocycles. The van der Waals surface area contributed by atoms with Gasteiger partial charge in [0.15, 0.2) is 11.5 Å². The Morgan fingerprint density at radius 1 is 1.10 bits per heavy atom. The molecule has 4 aromatic rings. The Labute approximate surface area is 180 Å². The van der Waals surface area contributed by atoms with Crippen LogP contribution in [0.1, 0.15) is 53.0 Å². The van der Waals surface area contributed by atoms with E-state index < -0.39 is 6.10 Å². The van der Waals surface area contributed by atoms with Crippen LogP contribution in [0.4, 0.5) is 0 Å². The minimum atomic E-state index is -0.651. The van der Waals surface area contributed by atoms with Gasteiger partial charge in [-0.3, -0.25) is 4.79 Å². The maximum atomic E-state index is 11.3. The largest absolute Gasteiger partial charge is 0.385 e. The number of carbonyl (C=O) groups excluding carboxylic acids is 1. The molecule has 0 unspecified atom stereocenters. The fourth-order valence-corrected chi connectivity index (χ4v) is 3.17. The number of imidazole rings is 1. The summed E-state index contributed by atoms with van der Waals surface area (Å²) in [4.78, 5) is 15.5. The first-order valence-electron chi connectivity index (χ1n) is 9.88. The van der Waals surface area contributed by atoms with Gasteiger partial charge in [0.2, 0.25) is 0 Å². The molecule has 0 amide bonds. The van der Waals surface area contributed by atoms with Gasteiger partial charge in [-0.05, 0) is 50.2 Å². The van der Waals surface area contributed by atoms with Crippen LogP contribution in [-0.4, -0.2) is 25.6 Å². The van der Waals surface area contributed by atoms with Crippen LogP contribution in [0.25, 0.3) is 11.3 Å². The molecule has 2 aromatic heterocycles. The molecular formula is C25H21N3O3. The molecule has 0 radical (unpaired) electrons. The Balaban J connectivity index is 1.45. The molecule has 154 valence electrons. The third-order valence-electron chi connectivity index (χ3n) is 4.82. The monoisotopic (exact) mass is 411 g/mol. The van der Waals surface area contributed by atoms with E-state index in [0.29, 0.717) is 23.7 Å². The molecule has 1 N–H and O–H groups in total. The third-order valence-corrected chi connectivity index (χ3v) is 4.82. The van der Waals surface area contributed by atoms with Crippen molar-refractivity contribution in [3.05, 3.63) is 95.2 Å². The van der Waals surface area contributed by atoms with Crippen LogP contribution in [-0.2, 0) is 6.54 Å². The highest BCUT2D eigenvalue weighted by molar-refractivity contribution is 5.94. The summed E-state index contributed by atoms with van der Waals surface area (Å²) in [5, 5.41) is 13.9. The molecule has 0 spiro atoms. The standard InChI is InChI=1S/C25H21N3O3/c1-17(29)21-9-5-19(6-10-21)3-4-20-7-11-22(12-8-20)24-15-23(27-31-24)16-28-14-13-26-25(28)18(2)30/h5-15,18,30H,16H2,1-2H3/t18-/m0/s1. The normalized spacial score (nSPS) is 11.6. The Morgan fingerprint density at radius 2 is 1.74 bits per heavy atom. The first-order chi connectivity index (χ1) is 15.0. The second-order valence-electron chi connectivity index (χ2n) is 7.23. The van der Waals surface area contributed by atoms with Gasteiger partial charge in [0, 0.05) is 40.7 Å². The lowest BCUT2D eigenvalue weighted by Crippen LogP contribution is -2.07. The average Bonchev–Trinajstić information content (AvgIpc) is 3.43. The Morgan fingerprint density at radius 3 is 2.35 bits per heavy atom. The third kappa shape index (κ3) is 4.80. The molecule has 2 heterocycles. The van der Waals surface area contributed by atoms with Gasteiger partial charge in [0.1, 0.15) is 17.6 Å². The number of aliphatic hydroxyl groups excluding tert-OH is 1. The van der Waals surface area contributed by atoms with Gasteiger partial charge in [-0.2, -0.15) is 0 Å². The number of aliphatic hydroxyl groups is 1. The fraction of sp³-hybridized carbons (Fsp3) is 0.160. The molecule has 6 nitrogen and oxygen atoms in total. The van der Waals surface area contributed by atoms with Crippen molar-refractivity contribution >= 4 is 5.78 Å². The minimum absolute atomic E-state index is 0.0408.